The summed E-state index contributed by atoms with van der Waals surface area (Å²) in [4.78, 5) is 39.4. The minimum Gasteiger partial charge on any atom is -0.339 e. The third-order valence-corrected chi connectivity index (χ3v) is 5.91. The fraction of sp³-hybridized carbons (Fsp3) is 0.476. The average Bonchev–Trinajstić information content (AvgIpc) is 3.38. The molecule has 1 saturated heterocycles. The van der Waals surface area contributed by atoms with Gasteiger partial charge in [-0.15, -0.1) is 0 Å². The number of rotatable bonds is 6. The molecule has 3 atom stereocenters. The third kappa shape index (κ3) is 4.75. The molecule has 7 nitrogen and oxygen atoms in total. The van der Waals surface area contributed by atoms with Crippen LogP contribution in [0.1, 0.15) is 32.3 Å². The van der Waals surface area contributed by atoms with Gasteiger partial charge in [0.15, 0.2) is 0 Å². The number of ketones is 1. The van der Waals surface area contributed by atoms with E-state index in [9.17, 15) is 18.8 Å². The molecule has 1 aromatic carbocycles. The second-order valence-electron chi connectivity index (χ2n) is 7.51. The number of amides is 2. The zero-order valence-electron chi connectivity index (χ0n) is 16.9. The fourth-order valence-electron chi connectivity index (χ4n) is 3.88. The van der Waals surface area contributed by atoms with Crippen LogP contribution in [-0.2, 0) is 20.8 Å². The summed E-state index contributed by atoms with van der Waals surface area (Å²) < 4.78 is 13.3. The summed E-state index contributed by atoms with van der Waals surface area (Å²) in [5, 5.41) is 10.5. The number of hydrogen-bond acceptors (Lipinski definition) is 5. The first kappa shape index (κ1) is 22.1. The van der Waals surface area contributed by atoms with E-state index in [0.717, 1.165) is 0 Å². The molecule has 2 aliphatic rings. The fourth-order valence-corrected chi connectivity index (χ4v) is 4.09. The van der Waals surface area contributed by atoms with Crippen LogP contribution in [0.5, 0.6) is 0 Å². The van der Waals surface area contributed by atoms with E-state index >= 15 is 0 Å². The highest BCUT2D eigenvalue weighted by Gasteiger charge is 2.40. The molecule has 1 unspecified atom stereocenters. The van der Waals surface area contributed by atoms with Crippen molar-refractivity contribution < 1.29 is 18.8 Å². The monoisotopic (exact) mass is 434 g/mol. The highest BCUT2D eigenvalue weighted by atomic mass is 35.5. The predicted molar refractivity (Wildman–Crippen MR) is 109 cm³/mol. The number of Topliss-reactive ketones (excluding diaryl/α,β-unsaturated/α-hetero) is 1. The molecule has 2 aliphatic heterocycles. The molecule has 1 fully saturated rings. The SMILES string of the molecule is CCC(NC(=O)C(=O)N1CC[C@H](C(=O)Cc2ccc(F)c(Cl)c2)[C@@H]1C)C1=CCN=N1. The first-order valence-electron chi connectivity index (χ1n) is 9.97. The van der Waals surface area contributed by atoms with Crippen LogP contribution in [0, 0.1) is 11.7 Å². The maximum absolute atomic E-state index is 13.3. The standard InChI is InChI=1S/C21H24ClFN4O3/c1-3-17(18-6-8-24-26-18)25-20(29)21(30)27-9-7-14(12(27)2)19(28)11-13-4-5-16(23)15(22)10-13/h4-6,10,12,14,17H,3,7-9,11H2,1-2H3,(H,25,29)/t12-,14-,17?/m0/s1. The Bertz CT molecular complexity index is 918. The number of azo groups is 1. The smallest absolute Gasteiger partial charge is 0.312 e. The lowest BCUT2D eigenvalue weighted by molar-refractivity contribution is -0.147. The van der Waals surface area contributed by atoms with Gasteiger partial charge in [0, 0.05) is 24.9 Å². The molecule has 1 N–H and O–H groups in total. The normalized spacial score (nSPS) is 21.5. The van der Waals surface area contributed by atoms with Crippen molar-refractivity contribution in [1.29, 1.82) is 0 Å². The van der Waals surface area contributed by atoms with Crippen LogP contribution in [0.4, 0.5) is 4.39 Å². The van der Waals surface area contributed by atoms with E-state index in [1.807, 2.05) is 13.0 Å². The summed E-state index contributed by atoms with van der Waals surface area (Å²) in [6, 6.07) is 3.41. The second kappa shape index (κ2) is 9.47. The summed E-state index contributed by atoms with van der Waals surface area (Å²) in [6.45, 7) is 4.46. The van der Waals surface area contributed by atoms with Gasteiger partial charge in [-0.3, -0.25) is 14.4 Å². The molecule has 2 amide bonds. The van der Waals surface area contributed by atoms with Gasteiger partial charge in [0.2, 0.25) is 0 Å². The molecule has 0 saturated carbocycles. The third-order valence-electron chi connectivity index (χ3n) is 5.62. The lowest BCUT2D eigenvalue weighted by Gasteiger charge is -2.25. The molecule has 3 rings (SSSR count). The number of nitrogens with one attached hydrogen (secondary N) is 1. The molecule has 9 heteroatoms. The van der Waals surface area contributed by atoms with E-state index < -0.39 is 23.7 Å². The van der Waals surface area contributed by atoms with Gasteiger partial charge in [0.1, 0.15) is 11.6 Å². The van der Waals surface area contributed by atoms with Crippen molar-refractivity contribution >= 4 is 29.2 Å². The lowest BCUT2D eigenvalue weighted by Crippen LogP contribution is -2.48. The highest BCUT2D eigenvalue weighted by molar-refractivity contribution is 6.35. The quantitative estimate of drug-likeness (QED) is 0.697. The molecule has 0 aliphatic carbocycles. The number of hydrogen-bond donors (Lipinski definition) is 1. The molecule has 0 radical (unpaired) electrons. The van der Waals surface area contributed by atoms with Crippen LogP contribution in [0.3, 0.4) is 0 Å². The zero-order chi connectivity index (χ0) is 21.8. The molecule has 30 heavy (non-hydrogen) atoms. The Hall–Kier alpha value is -2.61. The first-order valence-corrected chi connectivity index (χ1v) is 10.3. The maximum atomic E-state index is 13.3. The van der Waals surface area contributed by atoms with Gasteiger partial charge < -0.3 is 10.2 Å². The summed E-state index contributed by atoms with van der Waals surface area (Å²) in [5.74, 6) is -2.36. The van der Waals surface area contributed by atoms with Crippen LogP contribution < -0.4 is 5.32 Å². The number of likely N-dealkylation sites (tertiary alicyclic amines) is 1. The van der Waals surface area contributed by atoms with Gasteiger partial charge >= 0.3 is 11.8 Å². The Morgan fingerprint density at radius 3 is 2.77 bits per heavy atom. The Kier molecular flexibility index (Phi) is 6.97. The molecular weight excluding hydrogens is 411 g/mol. The molecule has 0 bridgehead atoms. The van der Waals surface area contributed by atoms with Crippen LogP contribution in [0.15, 0.2) is 40.2 Å². The minimum atomic E-state index is -0.713. The second-order valence-corrected chi connectivity index (χ2v) is 7.92. The topological polar surface area (TPSA) is 91.2 Å². The number of nitrogens with zero attached hydrogens (tertiary/aromatic N) is 3. The summed E-state index contributed by atoms with van der Waals surface area (Å²) in [5.41, 5.74) is 1.27. The van der Waals surface area contributed by atoms with Gasteiger partial charge in [-0.1, -0.05) is 24.6 Å². The Labute approximate surface area is 179 Å². The number of carbonyl (C=O) groups is 3. The van der Waals surface area contributed by atoms with Crippen molar-refractivity contribution in [2.75, 3.05) is 13.1 Å². The predicted octanol–water partition coefficient (Wildman–Crippen LogP) is 3.07. The van der Waals surface area contributed by atoms with Crippen molar-refractivity contribution in [3.63, 3.8) is 0 Å². The molecular formula is C21H24ClFN4O3. The highest BCUT2D eigenvalue weighted by Crippen LogP contribution is 2.27. The van der Waals surface area contributed by atoms with Crippen molar-refractivity contribution in [3.05, 3.63) is 46.4 Å². The van der Waals surface area contributed by atoms with Crippen molar-refractivity contribution in [3.8, 4) is 0 Å². The van der Waals surface area contributed by atoms with Crippen molar-refractivity contribution in [1.82, 2.24) is 10.2 Å². The number of carbonyl (C=O) groups excluding carboxylic acids is 3. The number of halogens is 2. The number of benzene rings is 1. The summed E-state index contributed by atoms with van der Waals surface area (Å²) in [6.07, 6.45) is 2.97. The van der Waals surface area contributed by atoms with Gasteiger partial charge in [-0.2, -0.15) is 10.2 Å². The van der Waals surface area contributed by atoms with E-state index in [4.69, 9.17) is 11.6 Å². The van der Waals surface area contributed by atoms with E-state index in [2.05, 4.69) is 15.5 Å². The lowest BCUT2D eigenvalue weighted by atomic mass is 9.92. The van der Waals surface area contributed by atoms with Gasteiger partial charge in [-0.25, -0.2) is 4.39 Å². The van der Waals surface area contributed by atoms with E-state index in [1.165, 1.54) is 23.1 Å². The molecule has 0 spiro atoms. The minimum absolute atomic E-state index is 0.0318. The zero-order valence-corrected chi connectivity index (χ0v) is 17.7. The van der Waals surface area contributed by atoms with Crippen molar-refractivity contribution in [2.45, 2.75) is 45.2 Å². The van der Waals surface area contributed by atoms with Gasteiger partial charge in [0.05, 0.1) is 23.3 Å². The summed E-state index contributed by atoms with van der Waals surface area (Å²) >= 11 is 5.79. The average molecular weight is 435 g/mol. The van der Waals surface area contributed by atoms with E-state index in [1.54, 1.807) is 6.92 Å². The van der Waals surface area contributed by atoms with Crippen LogP contribution >= 0.6 is 11.6 Å². The van der Waals surface area contributed by atoms with E-state index in [0.29, 0.717) is 37.2 Å². The Morgan fingerprint density at radius 1 is 1.37 bits per heavy atom. The van der Waals surface area contributed by atoms with Gasteiger partial charge in [0.25, 0.3) is 0 Å². The van der Waals surface area contributed by atoms with Crippen LogP contribution in [0.2, 0.25) is 5.02 Å². The molecule has 160 valence electrons. The van der Waals surface area contributed by atoms with Crippen LogP contribution in [-0.4, -0.2) is 47.7 Å². The van der Waals surface area contributed by atoms with E-state index in [-0.39, 0.29) is 29.2 Å². The molecule has 0 aromatic heterocycles. The van der Waals surface area contributed by atoms with Crippen LogP contribution in [0.25, 0.3) is 0 Å². The molecule has 1 aromatic rings. The largest absolute Gasteiger partial charge is 0.339 e. The Morgan fingerprint density at radius 2 is 2.13 bits per heavy atom. The first-order chi connectivity index (χ1) is 14.3. The Balaban J connectivity index is 1.60. The summed E-state index contributed by atoms with van der Waals surface area (Å²) in [7, 11) is 0. The molecule has 2 heterocycles. The van der Waals surface area contributed by atoms with Crippen molar-refractivity contribution in [2.24, 2.45) is 16.1 Å². The maximum Gasteiger partial charge on any atom is 0.312 e. The van der Waals surface area contributed by atoms with Gasteiger partial charge in [-0.05, 0) is 43.5 Å².